The number of hydrogen-bond acceptors (Lipinski definition) is 5. The first-order valence-electron chi connectivity index (χ1n) is 8.71. The lowest BCUT2D eigenvalue weighted by atomic mass is 10.1. The van der Waals surface area contributed by atoms with E-state index in [2.05, 4.69) is 21.7 Å². The molecule has 0 fully saturated rings. The van der Waals surface area contributed by atoms with E-state index in [0.717, 1.165) is 22.0 Å². The van der Waals surface area contributed by atoms with E-state index in [1.165, 1.54) is 0 Å². The van der Waals surface area contributed by atoms with Gasteiger partial charge in [-0.15, -0.1) is 0 Å². The van der Waals surface area contributed by atoms with E-state index in [1.807, 2.05) is 37.5 Å². The summed E-state index contributed by atoms with van der Waals surface area (Å²) in [5.41, 5.74) is 3.04. The van der Waals surface area contributed by atoms with Crippen molar-refractivity contribution in [2.45, 2.75) is 6.10 Å². The first-order valence-corrected chi connectivity index (χ1v) is 8.71. The second kappa shape index (κ2) is 6.87. The summed E-state index contributed by atoms with van der Waals surface area (Å²) >= 11 is 0. The fourth-order valence-electron chi connectivity index (χ4n) is 3.51. The minimum Gasteiger partial charge on any atom is -0.493 e. The molecule has 6 heteroatoms. The van der Waals surface area contributed by atoms with Crippen LogP contribution in [0.25, 0.3) is 10.9 Å². The molecule has 27 heavy (non-hydrogen) atoms. The number of benzene rings is 2. The Hall–Kier alpha value is -3.15. The van der Waals surface area contributed by atoms with Gasteiger partial charge in [0.2, 0.25) is 11.6 Å². The quantitative estimate of drug-likeness (QED) is 0.691. The molecule has 0 bridgehead atoms. The molecule has 1 aliphatic heterocycles. The zero-order valence-corrected chi connectivity index (χ0v) is 15.9. The Morgan fingerprint density at radius 1 is 1.04 bits per heavy atom. The zero-order valence-electron chi connectivity index (χ0n) is 15.9. The van der Waals surface area contributed by atoms with E-state index in [-0.39, 0.29) is 6.10 Å². The first kappa shape index (κ1) is 17.3. The highest BCUT2D eigenvalue weighted by Crippen LogP contribution is 2.41. The molecule has 1 unspecified atom stereocenters. The molecule has 0 aliphatic carbocycles. The number of hydrogen-bond donors (Lipinski definition) is 0. The topological polar surface area (TPSA) is 54.2 Å². The minimum atomic E-state index is -0.204. The number of para-hydroxylation sites is 1. The second-order valence-corrected chi connectivity index (χ2v) is 6.38. The molecule has 0 amide bonds. The molecule has 0 saturated carbocycles. The second-order valence-electron chi connectivity index (χ2n) is 6.38. The Morgan fingerprint density at radius 3 is 2.44 bits per heavy atom. The number of fused-ring (bicyclic) bond motifs is 1. The lowest BCUT2D eigenvalue weighted by Gasteiger charge is -2.17. The van der Waals surface area contributed by atoms with Gasteiger partial charge in [-0.3, -0.25) is 0 Å². The number of aromatic nitrogens is 1. The van der Waals surface area contributed by atoms with E-state index in [4.69, 9.17) is 18.9 Å². The summed E-state index contributed by atoms with van der Waals surface area (Å²) in [6.45, 7) is 0.536. The van der Waals surface area contributed by atoms with E-state index in [0.29, 0.717) is 29.7 Å². The minimum absolute atomic E-state index is 0.204. The van der Waals surface area contributed by atoms with E-state index < -0.39 is 0 Å². The third-order valence-corrected chi connectivity index (χ3v) is 4.84. The molecule has 140 valence electrons. The summed E-state index contributed by atoms with van der Waals surface area (Å²) in [6.07, 6.45) is 1.84. The molecular weight excluding hydrogens is 344 g/mol. The number of ether oxygens (including phenoxy) is 4. The van der Waals surface area contributed by atoms with Crippen molar-refractivity contribution in [2.75, 3.05) is 27.9 Å². The molecular formula is C21H22N2O4. The van der Waals surface area contributed by atoms with Crippen LogP contribution in [-0.2, 0) is 11.8 Å². The third kappa shape index (κ3) is 2.87. The van der Waals surface area contributed by atoms with Crippen LogP contribution in [-0.4, -0.2) is 38.3 Å². The van der Waals surface area contributed by atoms with Gasteiger partial charge in [-0.2, -0.15) is 0 Å². The molecule has 0 saturated heterocycles. The summed E-state index contributed by atoms with van der Waals surface area (Å²) in [4.78, 5) is 4.66. The maximum Gasteiger partial charge on any atom is 0.219 e. The van der Waals surface area contributed by atoms with Gasteiger partial charge in [-0.05, 0) is 24.3 Å². The SMILES string of the molecule is COc1cc(C2CN=C(c3cccc4ccn(C)c34)O2)cc(OC)c1OC. The van der Waals surface area contributed by atoms with Crippen LogP contribution in [0.4, 0.5) is 0 Å². The van der Waals surface area contributed by atoms with Crippen LogP contribution in [0.1, 0.15) is 17.2 Å². The Bertz CT molecular complexity index is 997. The summed E-state index contributed by atoms with van der Waals surface area (Å²) in [5.74, 6) is 2.43. The summed E-state index contributed by atoms with van der Waals surface area (Å²) in [6, 6.07) is 12.1. The van der Waals surface area contributed by atoms with Crippen LogP contribution < -0.4 is 14.2 Å². The molecule has 1 aliphatic rings. The molecule has 1 atom stereocenters. The lowest BCUT2D eigenvalue weighted by molar-refractivity contribution is 0.228. The monoisotopic (exact) mass is 366 g/mol. The number of rotatable bonds is 5. The van der Waals surface area contributed by atoms with Crippen LogP contribution in [0, 0.1) is 0 Å². The third-order valence-electron chi connectivity index (χ3n) is 4.84. The maximum absolute atomic E-state index is 6.22. The molecule has 4 rings (SSSR count). The molecule has 0 N–H and O–H groups in total. The average Bonchev–Trinajstić information content (AvgIpc) is 3.34. The van der Waals surface area contributed by atoms with Gasteiger partial charge in [0.1, 0.15) is 6.10 Å². The maximum atomic E-state index is 6.22. The highest BCUT2D eigenvalue weighted by molar-refractivity contribution is 6.06. The van der Waals surface area contributed by atoms with Crippen LogP contribution in [0.15, 0.2) is 47.6 Å². The molecule has 0 spiro atoms. The zero-order chi connectivity index (χ0) is 19.0. The van der Waals surface area contributed by atoms with Crippen LogP contribution in [0.3, 0.4) is 0 Å². The largest absolute Gasteiger partial charge is 0.493 e. The van der Waals surface area contributed by atoms with Crippen LogP contribution in [0.5, 0.6) is 17.2 Å². The lowest BCUT2D eigenvalue weighted by Crippen LogP contribution is -2.08. The Labute approximate surface area is 157 Å². The summed E-state index contributed by atoms with van der Waals surface area (Å²) in [5, 5.41) is 1.16. The van der Waals surface area contributed by atoms with Gasteiger partial charge in [0, 0.05) is 24.2 Å². The number of aliphatic imine (C=N–C) groups is 1. The Morgan fingerprint density at radius 2 is 1.78 bits per heavy atom. The molecule has 3 aromatic rings. The molecule has 6 nitrogen and oxygen atoms in total. The molecule has 2 heterocycles. The number of aryl methyl sites for hydroxylation is 1. The van der Waals surface area contributed by atoms with Crippen molar-refractivity contribution in [3.63, 3.8) is 0 Å². The molecule has 0 radical (unpaired) electrons. The fraction of sp³-hybridized carbons (Fsp3) is 0.286. The predicted molar refractivity (Wildman–Crippen MR) is 104 cm³/mol. The Balaban J connectivity index is 1.67. The normalized spacial score (nSPS) is 16.1. The van der Waals surface area contributed by atoms with Crippen molar-refractivity contribution in [1.29, 1.82) is 0 Å². The van der Waals surface area contributed by atoms with Crippen LogP contribution in [0.2, 0.25) is 0 Å². The van der Waals surface area contributed by atoms with Gasteiger partial charge in [-0.1, -0.05) is 12.1 Å². The van der Waals surface area contributed by atoms with Gasteiger partial charge < -0.3 is 23.5 Å². The van der Waals surface area contributed by atoms with Crippen molar-refractivity contribution in [1.82, 2.24) is 4.57 Å². The smallest absolute Gasteiger partial charge is 0.219 e. The summed E-state index contributed by atoms with van der Waals surface area (Å²) < 4.78 is 24.6. The average molecular weight is 366 g/mol. The molecule has 1 aromatic heterocycles. The van der Waals surface area contributed by atoms with Gasteiger partial charge in [-0.25, -0.2) is 4.99 Å². The standard InChI is InChI=1S/C21H22N2O4/c1-23-9-8-13-6-5-7-15(19(13)23)21-22-12-18(27-21)14-10-16(24-2)20(26-4)17(11-14)25-3/h5-11,18H,12H2,1-4H3. The van der Waals surface area contributed by atoms with Crippen LogP contribution >= 0.6 is 0 Å². The van der Waals surface area contributed by atoms with Gasteiger partial charge >= 0.3 is 0 Å². The highest BCUT2D eigenvalue weighted by Gasteiger charge is 2.27. The summed E-state index contributed by atoms with van der Waals surface area (Å²) in [7, 11) is 6.83. The van der Waals surface area contributed by atoms with Gasteiger partial charge in [0.05, 0.1) is 39.0 Å². The van der Waals surface area contributed by atoms with Crippen molar-refractivity contribution < 1.29 is 18.9 Å². The number of nitrogens with zero attached hydrogens (tertiary/aromatic N) is 2. The Kier molecular flexibility index (Phi) is 4.39. The first-order chi connectivity index (χ1) is 13.2. The molecule has 2 aromatic carbocycles. The van der Waals surface area contributed by atoms with Gasteiger partial charge in [0.15, 0.2) is 11.5 Å². The number of methoxy groups -OCH3 is 3. The van der Waals surface area contributed by atoms with E-state index in [9.17, 15) is 0 Å². The van der Waals surface area contributed by atoms with E-state index in [1.54, 1.807) is 21.3 Å². The van der Waals surface area contributed by atoms with Crippen molar-refractivity contribution >= 4 is 16.8 Å². The fourth-order valence-corrected chi connectivity index (χ4v) is 3.51. The van der Waals surface area contributed by atoms with E-state index >= 15 is 0 Å². The van der Waals surface area contributed by atoms with Gasteiger partial charge in [0.25, 0.3) is 0 Å². The van der Waals surface area contributed by atoms with Crippen molar-refractivity contribution in [3.8, 4) is 17.2 Å². The highest BCUT2D eigenvalue weighted by atomic mass is 16.5. The van der Waals surface area contributed by atoms with Crippen molar-refractivity contribution in [3.05, 3.63) is 53.7 Å². The predicted octanol–water partition coefficient (Wildman–Crippen LogP) is 3.72. The van der Waals surface area contributed by atoms with Crippen molar-refractivity contribution in [2.24, 2.45) is 12.0 Å².